The third-order valence-corrected chi connectivity index (χ3v) is 6.59. The van der Waals surface area contributed by atoms with Gasteiger partial charge < -0.3 is 9.30 Å². The maximum atomic E-state index is 13.8. The van der Waals surface area contributed by atoms with Crippen molar-refractivity contribution in [2.45, 2.75) is 69.8 Å². The lowest BCUT2D eigenvalue weighted by Crippen LogP contribution is -2.27. The Hall–Kier alpha value is -0.663. The van der Waals surface area contributed by atoms with Gasteiger partial charge in [-0.25, -0.2) is 9.37 Å². The van der Waals surface area contributed by atoms with Gasteiger partial charge >= 0.3 is 0 Å². The zero-order valence-corrected chi connectivity index (χ0v) is 16.3. The number of imidazole rings is 1. The summed E-state index contributed by atoms with van der Waals surface area (Å²) in [6, 6.07) is 1.07. The lowest BCUT2D eigenvalue weighted by Gasteiger charge is -2.18. The number of alkyl halides is 1. The number of carbonyl (C=O) groups is 1. The normalized spacial score (nSPS) is 18.3. The van der Waals surface area contributed by atoms with Gasteiger partial charge in [0.2, 0.25) is 5.78 Å². The maximum Gasteiger partial charge on any atom is 0.216 e. The van der Waals surface area contributed by atoms with Crippen LogP contribution in [-0.2, 0) is 17.9 Å². The molecule has 1 unspecified atom stereocenters. The van der Waals surface area contributed by atoms with Crippen LogP contribution in [0.3, 0.4) is 0 Å². The average molecular weight is 359 g/mol. The molecule has 7 heteroatoms. The molecule has 0 amide bonds. The first-order chi connectivity index (χ1) is 10.8. The van der Waals surface area contributed by atoms with Crippen LogP contribution in [-0.4, -0.2) is 41.9 Å². The Bertz CT molecular complexity index is 557. The van der Waals surface area contributed by atoms with Gasteiger partial charge in [-0.15, -0.1) is 11.8 Å². The van der Waals surface area contributed by atoms with Crippen LogP contribution in [0, 0.1) is 0 Å². The van der Waals surface area contributed by atoms with Gasteiger partial charge in [0, 0.05) is 26.9 Å². The standard InChI is InChI=1S/C16H27FN2O2SSi/c1-5-6-7-13-18-16-14(15(20)12(17)10-22-16)19(13)11-21-8-9-23(2,3)4/h12H,5-11H2,1-4H3. The van der Waals surface area contributed by atoms with Crippen molar-refractivity contribution in [2.24, 2.45) is 0 Å². The Labute approximate surface area is 143 Å². The highest BCUT2D eigenvalue weighted by Crippen LogP contribution is 2.32. The van der Waals surface area contributed by atoms with Crippen molar-refractivity contribution >= 4 is 25.6 Å². The number of rotatable bonds is 8. The number of hydrogen-bond acceptors (Lipinski definition) is 4. The molecule has 0 fully saturated rings. The molecule has 1 aromatic heterocycles. The van der Waals surface area contributed by atoms with Crippen LogP contribution in [0.25, 0.3) is 0 Å². The van der Waals surface area contributed by atoms with E-state index in [-0.39, 0.29) is 5.75 Å². The van der Waals surface area contributed by atoms with E-state index >= 15 is 0 Å². The van der Waals surface area contributed by atoms with Gasteiger partial charge in [-0.1, -0.05) is 33.0 Å². The summed E-state index contributed by atoms with van der Waals surface area (Å²) in [5.41, 5.74) is 0.410. The molecule has 0 aromatic carbocycles. The maximum absolute atomic E-state index is 13.8. The van der Waals surface area contributed by atoms with Gasteiger partial charge in [0.25, 0.3) is 0 Å². The van der Waals surface area contributed by atoms with Crippen LogP contribution in [0.5, 0.6) is 0 Å². The fraction of sp³-hybridized carbons (Fsp3) is 0.750. The zero-order chi connectivity index (χ0) is 17.0. The topological polar surface area (TPSA) is 44.1 Å². The van der Waals surface area contributed by atoms with Gasteiger partial charge in [0.1, 0.15) is 23.3 Å². The van der Waals surface area contributed by atoms with Crippen LogP contribution in [0.4, 0.5) is 4.39 Å². The number of halogens is 1. The number of nitrogens with zero attached hydrogens (tertiary/aromatic N) is 2. The van der Waals surface area contributed by atoms with Gasteiger partial charge in [0.05, 0.1) is 0 Å². The molecule has 2 rings (SSSR count). The number of ether oxygens (including phenoxy) is 1. The van der Waals surface area contributed by atoms with E-state index < -0.39 is 20.0 Å². The molecule has 0 saturated carbocycles. The molecule has 0 spiro atoms. The van der Waals surface area contributed by atoms with E-state index in [1.807, 2.05) is 0 Å². The highest BCUT2D eigenvalue weighted by molar-refractivity contribution is 7.99. The van der Waals surface area contributed by atoms with Crippen molar-refractivity contribution in [1.29, 1.82) is 0 Å². The summed E-state index contributed by atoms with van der Waals surface area (Å²) in [6.07, 6.45) is 1.43. The fourth-order valence-corrected chi connectivity index (χ4v) is 4.12. The third-order valence-electron chi connectivity index (χ3n) is 3.87. The third kappa shape index (κ3) is 4.90. The molecule has 4 nitrogen and oxygen atoms in total. The van der Waals surface area contributed by atoms with Crippen LogP contribution in [0.2, 0.25) is 25.7 Å². The molecule has 1 aliphatic heterocycles. The van der Waals surface area contributed by atoms with Gasteiger partial charge in [-0.3, -0.25) is 4.79 Å². The molecule has 0 aliphatic carbocycles. The molecule has 0 radical (unpaired) electrons. The van der Waals surface area contributed by atoms with Crippen molar-refractivity contribution < 1.29 is 13.9 Å². The summed E-state index contributed by atoms with van der Waals surface area (Å²) in [4.78, 5) is 16.8. The highest BCUT2D eigenvalue weighted by atomic mass is 32.2. The Kier molecular flexibility index (Phi) is 6.45. The second kappa shape index (κ2) is 7.94. The van der Waals surface area contributed by atoms with Crippen LogP contribution in [0.15, 0.2) is 5.03 Å². The molecule has 1 aliphatic rings. The Morgan fingerprint density at radius 2 is 2.17 bits per heavy atom. The van der Waals surface area contributed by atoms with E-state index in [0.717, 1.165) is 31.1 Å². The lowest BCUT2D eigenvalue weighted by atomic mass is 10.2. The number of carbonyl (C=O) groups excluding carboxylic acids is 1. The minimum Gasteiger partial charge on any atom is -0.361 e. The van der Waals surface area contributed by atoms with Gasteiger partial charge in [-0.2, -0.15) is 0 Å². The second-order valence-electron chi connectivity index (χ2n) is 7.20. The summed E-state index contributed by atoms with van der Waals surface area (Å²) in [5, 5.41) is 0.670. The summed E-state index contributed by atoms with van der Waals surface area (Å²) < 4.78 is 21.4. The second-order valence-corrected chi connectivity index (χ2v) is 13.8. The first-order valence-electron chi connectivity index (χ1n) is 8.31. The molecule has 0 N–H and O–H groups in total. The fourth-order valence-electron chi connectivity index (χ4n) is 2.39. The minimum absolute atomic E-state index is 0.173. The first kappa shape index (κ1) is 18.7. The zero-order valence-electron chi connectivity index (χ0n) is 14.5. The van der Waals surface area contributed by atoms with Crippen LogP contribution in [0.1, 0.15) is 36.1 Å². The Morgan fingerprint density at radius 3 is 2.83 bits per heavy atom. The molecule has 23 heavy (non-hydrogen) atoms. The lowest BCUT2D eigenvalue weighted by molar-refractivity contribution is 0.0745. The van der Waals surface area contributed by atoms with E-state index in [4.69, 9.17) is 4.74 Å². The summed E-state index contributed by atoms with van der Waals surface area (Å²) >= 11 is 1.34. The smallest absolute Gasteiger partial charge is 0.216 e. The van der Waals surface area contributed by atoms with E-state index in [2.05, 4.69) is 31.5 Å². The number of thioether (sulfide) groups is 1. The number of aromatic nitrogens is 2. The predicted molar refractivity (Wildman–Crippen MR) is 94.9 cm³/mol. The van der Waals surface area contributed by atoms with Crippen molar-refractivity contribution in [3.63, 3.8) is 0 Å². The minimum atomic E-state index is -1.43. The summed E-state index contributed by atoms with van der Waals surface area (Å²) in [6.45, 7) is 10.00. The molecular formula is C16H27FN2O2SSi. The average Bonchev–Trinajstić information content (AvgIpc) is 2.83. The van der Waals surface area contributed by atoms with Crippen LogP contribution < -0.4 is 0 Å². The number of aryl methyl sites for hydroxylation is 1. The quantitative estimate of drug-likeness (QED) is 0.517. The van der Waals surface area contributed by atoms with E-state index in [1.54, 1.807) is 4.57 Å². The number of ketones is 1. The molecular weight excluding hydrogens is 331 g/mol. The van der Waals surface area contributed by atoms with Crippen molar-refractivity contribution in [3.8, 4) is 0 Å². The monoisotopic (exact) mass is 358 g/mol. The molecule has 1 aromatic rings. The number of unbranched alkanes of at least 4 members (excludes halogenated alkanes) is 1. The largest absolute Gasteiger partial charge is 0.361 e. The van der Waals surface area contributed by atoms with E-state index in [9.17, 15) is 9.18 Å². The molecule has 0 bridgehead atoms. The first-order valence-corrected chi connectivity index (χ1v) is 13.0. The van der Waals surface area contributed by atoms with Crippen LogP contribution >= 0.6 is 11.8 Å². The number of Topliss-reactive ketones (excluding diaryl/α,β-unsaturated/α-hetero) is 1. The van der Waals surface area contributed by atoms with Crippen molar-refractivity contribution in [1.82, 2.24) is 9.55 Å². The Morgan fingerprint density at radius 1 is 1.43 bits per heavy atom. The van der Waals surface area contributed by atoms with Crippen molar-refractivity contribution in [2.75, 3.05) is 12.4 Å². The van der Waals surface area contributed by atoms with E-state index in [0.29, 0.717) is 24.1 Å². The number of hydrogen-bond donors (Lipinski definition) is 0. The highest BCUT2D eigenvalue weighted by Gasteiger charge is 2.33. The van der Waals surface area contributed by atoms with Gasteiger partial charge in [0.15, 0.2) is 6.17 Å². The summed E-state index contributed by atoms with van der Waals surface area (Å²) in [7, 11) is -1.15. The predicted octanol–water partition coefficient (Wildman–Crippen LogP) is 4.16. The van der Waals surface area contributed by atoms with E-state index in [1.165, 1.54) is 11.8 Å². The molecule has 130 valence electrons. The SMILES string of the molecule is CCCCc1nc2c(n1COCC[Si](C)(C)C)C(=O)C(F)CS2. The summed E-state index contributed by atoms with van der Waals surface area (Å²) in [5.74, 6) is 0.578. The van der Waals surface area contributed by atoms with Crippen molar-refractivity contribution in [3.05, 3.63) is 11.5 Å². The molecule has 2 heterocycles. The van der Waals surface area contributed by atoms with Gasteiger partial charge in [-0.05, 0) is 12.5 Å². The number of fused-ring (bicyclic) bond motifs is 1. The molecule has 1 atom stereocenters. The molecule has 0 saturated heterocycles. The Balaban J connectivity index is 2.14.